The first kappa shape index (κ1) is 8.74. The summed E-state index contributed by atoms with van der Waals surface area (Å²) in [6, 6.07) is 0. The molecule has 0 spiro atoms. The number of hydrogen-bond donors (Lipinski definition) is 0. The Labute approximate surface area is 81.1 Å². The number of ether oxygens (including phenoxy) is 1. The van der Waals surface area contributed by atoms with Crippen LogP contribution in [-0.4, -0.2) is 24.5 Å². The second-order valence-corrected chi connectivity index (χ2v) is 3.00. The van der Waals surface area contributed by atoms with Gasteiger partial charge in [-0.15, -0.1) is 10.2 Å². The molecule has 0 bridgehead atoms. The monoisotopic (exact) mass is 193 g/mol. The van der Waals surface area contributed by atoms with Gasteiger partial charge < -0.3 is 9.30 Å². The van der Waals surface area contributed by atoms with Crippen molar-refractivity contribution in [1.82, 2.24) is 24.5 Å². The molecule has 0 saturated carbocycles. The SMILES string of the molecule is Cn1cc(OCc2nncn2C)cn1. The van der Waals surface area contributed by atoms with Crippen LogP contribution in [0.25, 0.3) is 0 Å². The summed E-state index contributed by atoms with van der Waals surface area (Å²) in [6.07, 6.45) is 5.11. The average molecular weight is 193 g/mol. The smallest absolute Gasteiger partial charge is 0.170 e. The molecule has 0 aliphatic rings. The maximum Gasteiger partial charge on any atom is 0.170 e. The topological polar surface area (TPSA) is 57.8 Å². The highest BCUT2D eigenvalue weighted by Crippen LogP contribution is 2.08. The van der Waals surface area contributed by atoms with E-state index in [0.29, 0.717) is 6.61 Å². The van der Waals surface area contributed by atoms with Gasteiger partial charge in [-0.05, 0) is 0 Å². The van der Waals surface area contributed by atoms with Gasteiger partial charge in [0.1, 0.15) is 12.9 Å². The maximum atomic E-state index is 5.45. The summed E-state index contributed by atoms with van der Waals surface area (Å²) in [5.74, 6) is 1.52. The Hall–Kier alpha value is -1.85. The van der Waals surface area contributed by atoms with Crippen LogP contribution >= 0.6 is 0 Å². The van der Waals surface area contributed by atoms with Crippen molar-refractivity contribution in [2.45, 2.75) is 6.61 Å². The number of hydrogen-bond acceptors (Lipinski definition) is 4. The number of nitrogens with zero attached hydrogens (tertiary/aromatic N) is 5. The normalized spacial score (nSPS) is 10.4. The molecule has 0 N–H and O–H groups in total. The van der Waals surface area contributed by atoms with E-state index in [-0.39, 0.29) is 0 Å². The molecule has 74 valence electrons. The molecule has 6 heteroatoms. The number of aryl methyl sites for hydroxylation is 2. The summed E-state index contributed by atoms with van der Waals surface area (Å²) in [4.78, 5) is 0. The predicted molar refractivity (Wildman–Crippen MR) is 48.5 cm³/mol. The van der Waals surface area contributed by atoms with Gasteiger partial charge in [-0.25, -0.2) is 0 Å². The molecule has 0 unspecified atom stereocenters. The third-order valence-electron chi connectivity index (χ3n) is 1.85. The van der Waals surface area contributed by atoms with Gasteiger partial charge in [-0.1, -0.05) is 0 Å². The Morgan fingerprint density at radius 3 is 2.86 bits per heavy atom. The quantitative estimate of drug-likeness (QED) is 0.695. The third kappa shape index (κ3) is 1.73. The summed E-state index contributed by atoms with van der Waals surface area (Å²) in [5, 5.41) is 11.6. The molecule has 0 fully saturated rings. The molecule has 2 rings (SSSR count). The second-order valence-electron chi connectivity index (χ2n) is 3.00. The van der Waals surface area contributed by atoms with Gasteiger partial charge in [0.15, 0.2) is 11.6 Å². The van der Waals surface area contributed by atoms with Crippen LogP contribution in [0.1, 0.15) is 5.82 Å². The fraction of sp³-hybridized carbons (Fsp3) is 0.375. The number of aromatic nitrogens is 5. The number of rotatable bonds is 3. The van der Waals surface area contributed by atoms with Crippen LogP contribution in [0, 0.1) is 0 Å². The van der Waals surface area contributed by atoms with E-state index in [1.54, 1.807) is 23.4 Å². The summed E-state index contributed by atoms with van der Waals surface area (Å²) in [7, 11) is 3.72. The molecular formula is C8H11N5O. The fourth-order valence-corrected chi connectivity index (χ4v) is 1.06. The van der Waals surface area contributed by atoms with E-state index in [1.165, 1.54) is 0 Å². The van der Waals surface area contributed by atoms with Crippen molar-refractivity contribution >= 4 is 0 Å². The second kappa shape index (κ2) is 3.49. The van der Waals surface area contributed by atoms with E-state index in [2.05, 4.69) is 15.3 Å². The highest BCUT2D eigenvalue weighted by molar-refractivity contribution is 5.11. The largest absolute Gasteiger partial charge is 0.482 e. The Morgan fingerprint density at radius 1 is 1.43 bits per heavy atom. The molecule has 2 aromatic rings. The Bertz CT molecular complexity index is 419. The standard InChI is InChI=1S/C8H11N5O/c1-12-6-9-11-8(12)5-14-7-3-10-13(2)4-7/h3-4,6H,5H2,1-2H3. The highest BCUT2D eigenvalue weighted by Gasteiger charge is 2.02. The van der Waals surface area contributed by atoms with Gasteiger partial charge >= 0.3 is 0 Å². The predicted octanol–water partition coefficient (Wildman–Crippen LogP) is 0.128. The summed E-state index contributed by atoms with van der Waals surface area (Å²) in [5.41, 5.74) is 0. The molecular weight excluding hydrogens is 182 g/mol. The van der Waals surface area contributed by atoms with Crippen LogP contribution in [0.3, 0.4) is 0 Å². The minimum Gasteiger partial charge on any atom is -0.482 e. The van der Waals surface area contributed by atoms with Gasteiger partial charge in [0.2, 0.25) is 0 Å². The zero-order valence-electron chi connectivity index (χ0n) is 8.08. The average Bonchev–Trinajstić information content (AvgIpc) is 2.72. The zero-order chi connectivity index (χ0) is 9.97. The van der Waals surface area contributed by atoms with Crippen molar-refractivity contribution < 1.29 is 4.74 Å². The molecule has 6 nitrogen and oxygen atoms in total. The van der Waals surface area contributed by atoms with Crippen molar-refractivity contribution in [3.8, 4) is 5.75 Å². The molecule has 2 heterocycles. The van der Waals surface area contributed by atoms with Gasteiger partial charge in [0.25, 0.3) is 0 Å². The first-order chi connectivity index (χ1) is 6.75. The van der Waals surface area contributed by atoms with E-state index >= 15 is 0 Å². The first-order valence-electron chi connectivity index (χ1n) is 4.20. The third-order valence-corrected chi connectivity index (χ3v) is 1.85. The Balaban J connectivity index is 1.98. The van der Waals surface area contributed by atoms with E-state index in [9.17, 15) is 0 Å². The molecule has 0 amide bonds. The zero-order valence-corrected chi connectivity index (χ0v) is 8.08. The molecule has 0 saturated heterocycles. The lowest BCUT2D eigenvalue weighted by molar-refractivity contribution is 0.291. The van der Waals surface area contributed by atoms with Crippen LogP contribution in [0.5, 0.6) is 5.75 Å². The van der Waals surface area contributed by atoms with Crippen molar-refractivity contribution in [2.24, 2.45) is 14.1 Å². The molecule has 0 aliphatic heterocycles. The minimum absolute atomic E-state index is 0.405. The summed E-state index contributed by atoms with van der Waals surface area (Å²) < 4.78 is 8.95. The Morgan fingerprint density at radius 2 is 2.29 bits per heavy atom. The molecule has 14 heavy (non-hydrogen) atoms. The van der Waals surface area contributed by atoms with Gasteiger partial charge in [0, 0.05) is 14.1 Å². The van der Waals surface area contributed by atoms with Gasteiger partial charge in [-0.3, -0.25) is 4.68 Å². The fourth-order valence-electron chi connectivity index (χ4n) is 1.06. The lowest BCUT2D eigenvalue weighted by Gasteiger charge is -2.01. The molecule has 0 aromatic carbocycles. The lowest BCUT2D eigenvalue weighted by Crippen LogP contribution is -2.02. The first-order valence-corrected chi connectivity index (χ1v) is 4.20. The molecule has 0 aliphatic carbocycles. The molecule has 0 atom stereocenters. The van der Waals surface area contributed by atoms with E-state index in [4.69, 9.17) is 4.74 Å². The van der Waals surface area contributed by atoms with Gasteiger partial charge in [0.05, 0.1) is 12.4 Å². The molecule has 2 aromatic heterocycles. The van der Waals surface area contributed by atoms with Gasteiger partial charge in [-0.2, -0.15) is 5.10 Å². The van der Waals surface area contributed by atoms with Crippen molar-refractivity contribution in [3.63, 3.8) is 0 Å². The van der Waals surface area contributed by atoms with Crippen LogP contribution in [0.15, 0.2) is 18.7 Å². The Kier molecular flexibility index (Phi) is 2.18. The van der Waals surface area contributed by atoms with E-state index < -0.39 is 0 Å². The molecule has 0 radical (unpaired) electrons. The van der Waals surface area contributed by atoms with Crippen molar-refractivity contribution in [2.75, 3.05) is 0 Å². The summed E-state index contributed by atoms with van der Waals surface area (Å²) >= 11 is 0. The van der Waals surface area contributed by atoms with Crippen LogP contribution in [0.2, 0.25) is 0 Å². The summed E-state index contributed by atoms with van der Waals surface area (Å²) in [6.45, 7) is 0.405. The lowest BCUT2D eigenvalue weighted by atomic mass is 10.6. The van der Waals surface area contributed by atoms with E-state index in [0.717, 1.165) is 11.6 Å². The van der Waals surface area contributed by atoms with Crippen molar-refractivity contribution in [1.29, 1.82) is 0 Å². The highest BCUT2D eigenvalue weighted by atomic mass is 16.5. The van der Waals surface area contributed by atoms with Crippen LogP contribution in [-0.2, 0) is 20.7 Å². The van der Waals surface area contributed by atoms with Crippen molar-refractivity contribution in [3.05, 3.63) is 24.5 Å². The maximum absolute atomic E-state index is 5.45. The van der Waals surface area contributed by atoms with E-state index in [1.807, 2.05) is 18.7 Å². The minimum atomic E-state index is 0.405. The van der Waals surface area contributed by atoms with Crippen LogP contribution in [0.4, 0.5) is 0 Å². The van der Waals surface area contributed by atoms with Crippen LogP contribution < -0.4 is 4.74 Å².